The molecule has 1 N–H and O–H groups in total. The normalized spacial score (nSPS) is 15.7. The number of methoxy groups -OCH3 is 1. The van der Waals surface area contributed by atoms with Crippen molar-refractivity contribution in [3.8, 4) is 11.5 Å². The molecule has 2 heterocycles. The molecular weight excluding hydrogens is 316 g/mol. The Morgan fingerprint density at radius 1 is 1.30 bits per heavy atom. The van der Waals surface area contributed by atoms with Crippen molar-refractivity contribution in [2.45, 2.75) is 46.4 Å². The Labute approximate surface area is 142 Å². The largest absolute Gasteiger partial charge is 0.496 e. The first kappa shape index (κ1) is 17.6. The summed E-state index contributed by atoms with van der Waals surface area (Å²) in [6, 6.07) is 4.17. The Hall–Kier alpha value is -1.72. The molecule has 1 aliphatic rings. The second kappa shape index (κ2) is 7.23. The fraction of sp³-hybridized carbons (Fsp3) is 0.471. The molecule has 23 heavy (non-hydrogen) atoms. The first-order valence-corrected chi connectivity index (χ1v) is 7.57. The molecule has 5 nitrogen and oxygen atoms in total. The van der Waals surface area contributed by atoms with Gasteiger partial charge in [-0.1, -0.05) is 5.16 Å². The van der Waals surface area contributed by atoms with Gasteiger partial charge in [0.15, 0.2) is 0 Å². The van der Waals surface area contributed by atoms with Crippen molar-refractivity contribution in [2.24, 2.45) is 0 Å². The van der Waals surface area contributed by atoms with E-state index in [-0.39, 0.29) is 18.5 Å². The lowest BCUT2D eigenvalue weighted by Gasteiger charge is -2.12. The average Bonchev–Trinajstić information content (AvgIpc) is 3.01. The fourth-order valence-electron chi connectivity index (χ4n) is 2.89. The lowest BCUT2D eigenvalue weighted by atomic mass is 10.1. The second-order valence-electron chi connectivity index (χ2n) is 5.81. The maximum atomic E-state index is 5.83. The first-order valence-electron chi connectivity index (χ1n) is 7.57. The summed E-state index contributed by atoms with van der Waals surface area (Å²) in [5, 5.41) is 7.40. The maximum absolute atomic E-state index is 5.83. The molecule has 1 aromatic carbocycles. The summed E-state index contributed by atoms with van der Waals surface area (Å²) in [7, 11) is 1.71. The molecule has 1 unspecified atom stereocenters. The highest BCUT2D eigenvalue weighted by Gasteiger charge is 2.21. The highest BCUT2D eigenvalue weighted by Crippen LogP contribution is 2.34. The standard InChI is InChI=1S/C17H22N2O3.ClH/c1-10-5-13-6-16(20-4)14(7-17(13)21-10)8-18-9-15-11(2)19-22-12(15)3;/h6-7,10,18H,5,8-9H2,1-4H3;1H. The molecule has 1 atom stereocenters. The van der Waals surface area contributed by atoms with Gasteiger partial charge in [-0.15, -0.1) is 12.4 Å². The van der Waals surface area contributed by atoms with Crippen molar-refractivity contribution in [3.05, 3.63) is 40.3 Å². The molecule has 1 aliphatic heterocycles. The van der Waals surface area contributed by atoms with E-state index in [1.165, 1.54) is 5.56 Å². The Bertz CT molecular complexity index is 665. The monoisotopic (exact) mass is 338 g/mol. The van der Waals surface area contributed by atoms with Gasteiger partial charge in [-0.2, -0.15) is 0 Å². The number of benzene rings is 1. The number of ether oxygens (including phenoxy) is 2. The van der Waals surface area contributed by atoms with Gasteiger partial charge in [0.05, 0.1) is 12.8 Å². The highest BCUT2D eigenvalue weighted by molar-refractivity contribution is 5.85. The minimum atomic E-state index is 0. The van der Waals surface area contributed by atoms with E-state index >= 15 is 0 Å². The number of aryl methyl sites for hydroxylation is 2. The average molecular weight is 339 g/mol. The van der Waals surface area contributed by atoms with Gasteiger partial charge < -0.3 is 19.3 Å². The van der Waals surface area contributed by atoms with Crippen LogP contribution in [0.15, 0.2) is 16.7 Å². The number of rotatable bonds is 5. The molecule has 1 aromatic heterocycles. The summed E-state index contributed by atoms with van der Waals surface area (Å²) in [5.41, 5.74) is 4.37. The molecule has 0 bridgehead atoms. The van der Waals surface area contributed by atoms with Crippen molar-refractivity contribution >= 4 is 12.4 Å². The summed E-state index contributed by atoms with van der Waals surface area (Å²) in [6.07, 6.45) is 1.18. The predicted molar refractivity (Wildman–Crippen MR) is 90.6 cm³/mol. The van der Waals surface area contributed by atoms with Crippen molar-refractivity contribution in [3.63, 3.8) is 0 Å². The van der Waals surface area contributed by atoms with Crippen molar-refractivity contribution < 1.29 is 14.0 Å². The smallest absolute Gasteiger partial charge is 0.138 e. The molecule has 0 saturated heterocycles. The van der Waals surface area contributed by atoms with Crippen molar-refractivity contribution in [1.29, 1.82) is 0 Å². The van der Waals surface area contributed by atoms with Crippen LogP contribution in [0.4, 0.5) is 0 Å². The third-order valence-electron chi connectivity index (χ3n) is 4.10. The number of fused-ring (bicyclic) bond motifs is 1. The van der Waals surface area contributed by atoms with Gasteiger partial charge in [0.2, 0.25) is 0 Å². The van der Waals surface area contributed by atoms with Crippen LogP contribution in [0.1, 0.15) is 35.1 Å². The Kier molecular flexibility index (Phi) is 5.55. The van der Waals surface area contributed by atoms with Gasteiger partial charge in [-0.25, -0.2) is 0 Å². The summed E-state index contributed by atoms with van der Waals surface area (Å²) in [5.74, 6) is 2.74. The van der Waals surface area contributed by atoms with E-state index in [0.717, 1.165) is 47.0 Å². The van der Waals surface area contributed by atoms with Crippen LogP contribution < -0.4 is 14.8 Å². The maximum Gasteiger partial charge on any atom is 0.138 e. The Morgan fingerprint density at radius 3 is 2.74 bits per heavy atom. The van der Waals surface area contributed by atoms with Gasteiger partial charge in [0.25, 0.3) is 0 Å². The van der Waals surface area contributed by atoms with E-state index in [2.05, 4.69) is 29.5 Å². The Morgan fingerprint density at radius 2 is 2.09 bits per heavy atom. The first-order chi connectivity index (χ1) is 10.6. The lowest BCUT2D eigenvalue weighted by Crippen LogP contribution is -2.14. The Balaban J connectivity index is 0.00000192. The zero-order chi connectivity index (χ0) is 15.7. The van der Waals surface area contributed by atoms with Crippen LogP contribution in [0.5, 0.6) is 11.5 Å². The van der Waals surface area contributed by atoms with Gasteiger partial charge in [-0.3, -0.25) is 0 Å². The van der Waals surface area contributed by atoms with Gasteiger partial charge in [0.1, 0.15) is 23.4 Å². The highest BCUT2D eigenvalue weighted by atomic mass is 35.5. The van der Waals surface area contributed by atoms with E-state index in [4.69, 9.17) is 14.0 Å². The van der Waals surface area contributed by atoms with Crippen LogP contribution in [0.25, 0.3) is 0 Å². The summed E-state index contributed by atoms with van der Waals surface area (Å²) in [4.78, 5) is 0. The lowest BCUT2D eigenvalue weighted by molar-refractivity contribution is 0.254. The second-order valence-corrected chi connectivity index (χ2v) is 5.81. The molecule has 2 aromatic rings. The van der Waals surface area contributed by atoms with Crippen molar-refractivity contribution in [1.82, 2.24) is 10.5 Å². The van der Waals surface area contributed by atoms with Crippen LogP contribution in [0.3, 0.4) is 0 Å². The zero-order valence-electron chi connectivity index (χ0n) is 13.9. The number of hydrogen-bond donors (Lipinski definition) is 1. The number of nitrogens with one attached hydrogen (secondary N) is 1. The summed E-state index contributed by atoms with van der Waals surface area (Å²) < 4.78 is 16.5. The predicted octanol–water partition coefficient (Wildman–Crippen LogP) is 3.34. The molecule has 0 aliphatic carbocycles. The molecular formula is C17H23ClN2O3. The van der Waals surface area contributed by atoms with Crippen LogP contribution in [0, 0.1) is 13.8 Å². The van der Waals surface area contributed by atoms with Gasteiger partial charge in [-0.05, 0) is 32.9 Å². The minimum absolute atomic E-state index is 0. The van der Waals surface area contributed by atoms with Crippen molar-refractivity contribution in [2.75, 3.05) is 7.11 Å². The van der Waals surface area contributed by atoms with E-state index < -0.39 is 0 Å². The molecule has 6 heteroatoms. The van der Waals surface area contributed by atoms with Crippen LogP contribution in [-0.2, 0) is 19.5 Å². The fourth-order valence-corrected chi connectivity index (χ4v) is 2.89. The number of aromatic nitrogens is 1. The topological polar surface area (TPSA) is 56.5 Å². The van der Waals surface area contributed by atoms with Gasteiger partial charge in [0, 0.05) is 36.2 Å². The van der Waals surface area contributed by atoms with E-state index in [0.29, 0.717) is 6.54 Å². The van der Waals surface area contributed by atoms with Gasteiger partial charge >= 0.3 is 0 Å². The molecule has 126 valence electrons. The van der Waals surface area contributed by atoms with Crippen LogP contribution in [0.2, 0.25) is 0 Å². The molecule has 3 rings (SSSR count). The van der Waals surface area contributed by atoms with E-state index in [1.807, 2.05) is 13.8 Å². The molecule has 0 saturated carbocycles. The molecule has 0 spiro atoms. The third kappa shape index (κ3) is 3.62. The quantitative estimate of drug-likeness (QED) is 0.906. The van der Waals surface area contributed by atoms with E-state index in [9.17, 15) is 0 Å². The summed E-state index contributed by atoms with van der Waals surface area (Å²) >= 11 is 0. The minimum Gasteiger partial charge on any atom is -0.496 e. The zero-order valence-corrected chi connectivity index (χ0v) is 14.8. The third-order valence-corrected chi connectivity index (χ3v) is 4.10. The SMILES string of the molecule is COc1cc2c(cc1CNCc1c(C)noc1C)OC(C)C2.Cl. The summed E-state index contributed by atoms with van der Waals surface area (Å²) in [6.45, 7) is 7.40. The van der Waals surface area contributed by atoms with Crippen LogP contribution >= 0.6 is 12.4 Å². The van der Waals surface area contributed by atoms with E-state index in [1.54, 1.807) is 7.11 Å². The number of hydrogen-bond acceptors (Lipinski definition) is 5. The number of nitrogens with zero attached hydrogens (tertiary/aromatic N) is 1. The molecule has 0 radical (unpaired) electrons. The van der Waals surface area contributed by atoms with Crippen LogP contribution in [-0.4, -0.2) is 18.4 Å². The molecule has 0 amide bonds. The molecule has 0 fully saturated rings. The number of halogens is 1.